The Bertz CT molecular complexity index is 1540. The molecule has 1 amide bonds. The van der Waals surface area contributed by atoms with Crippen LogP contribution in [0.4, 0.5) is 5.69 Å². The molecular formula is C28H21N3O5. The van der Waals surface area contributed by atoms with Gasteiger partial charge in [0.05, 0.1) is 22.5 Å². The number of hydrogen-bond donors (Lipinski definition) is 1. The van der Waals surface area contributed by atoms with Gasteiger partial charge < -0.3 is 10.1 Å². The van der Waals surface area contributed by atoms with E-state index in [9.17, 15) is 19.2 Å². The number of aryl methyl sites for hydroxylation is 1. The molecule has 0 spiro atoms. The number of nitrogens with zero attached hydrogens (tertiary/aromatic N) is 2. The highest BCUT2D eigenvalue weighted by atomic mass is 16.5. The van der Waals surface area contributed by atoms with Gasteiger partial charge in [0.15, 0.2) is 17.7 Å². The van der Waals surface area contributed by atoms with Crippen molar-refractivity contribution in [2.45, 2.75) is 20.0 Å². The van der Waals surface area contributed by atoms with Crippen LogP contribution in [0, 0.1) is 6.92 Å². The van der Waals surface area contributed by atoms with Crippen LogP contribution in [0.2, 0.25) is 0 Å². The van der Waals surface area contributed by atoms with Crippen molar-refractivity contribution in [2.24, 2.45) is 0 Å². The molecule has 0 aliphatic heterocycles. The number of aromatic nitrogens is 2. The molecule has 1 N–H and O–H groups in total. The van der Waals surface area contributed by atoms with E-state index in [1.807, 2.05) is 13.0 Å². The van der Waals surface area contributed by atoms with Crippen molar-refractivity contribution < 1.29 is 23.9 Å². The van der Waals surface area contributed by atoms with Gasteiger partial charge in [-0.2, -0.15) is 5.10 Å². The lowest BCUT2D eigenvalue weighted by molar-refractivity contribution is -0.123. The van der Waals surface area contributed by atoms with Gasteiger partial charge in [0.1, 0.15) is 0 Å². The van der Waals surface area contributed by atoms with E-state index in [-0.39, 0.29) is 39.5 Å². The van der Waals surface area contributed by atoms with Gasteiger partial charge in [-0.3, -0.25) is 14.4 Å². The molecule has 5 rings (SSSR count). The van der Waals surface area contributed by atoms with Gasteiger partial charge in [-0.25, -0.2) is 9.48 Å². The second-order valence-electron chi connectivity index (χ2n) is 8.40. The van der Waals surface area contributed by atoms with E-state index in [0.717, 1.165) is 11.4 Å². The third kappa shape index (κ3) is 3.98. The molecular weight excluding hydrogens is 458 g/mol. The van der Waals surface area contributed by atoms with Gasteiger partial charge in [0, 0.05) is 28.6 Å². The molecule has 8 heteroatoms. The number of ether oxygens (including phenoxy) is 1. The van der Waals surface area contributed by atoms with Crippen LogP contribution in [0.1, 0.15) is 54.8 Å². The molecule has 0 saturated carbocycles. The molecule has 178 valence electrons. The quantitative estimate of drug-likeness (QED) is 0.380. The second-order valence-corrected chi connectivity index (χ2v) is 8.40. The lowest BCUT2D eigenvalue weighted by atomic mass is 9.83. The Morgan fingerprint density at radius 1 is 0.861 bits per heavy atom. The average Bonchev–Trinajstić information content (AvgIpc) is 3.33. The molecule has 3 aromatic carbocycles. The highest BCUT2D eigenvalue weighted by Gasteiger charge is 2.32. The smallest absolute Gasteiger partial charge is 0.338 e. The fourth-order valence-corrected chi connectivity index (χ4v) is 4.14. The summed E-state index contributed by atoms with van der Waals surface area (Å²) in [6.45, 7) is 3.36. The van der Waals surface area contributed by atoms with E-state index >= 15 is 0 Å². The van der Waals surface area contributed by atoms with Gasteiger partial charge in [-0.1, -0.05) is 36.4 Å². The number of esters is 1. The van der Waals surface area contributed by atoms with Crippen LogP contribution in [0.5, 0.6) is 0 Å². The predicted octanol–water partition coefficient (Wildman–Crippen LogP) is 4.14. The SMILES string of the molecule is Cc1ccnn1-c1ccc(C(=O)OC(C)C(=O)Nc2cccc3c2C(=O)c2ccccc2C3=O)cc1. The molecule has 0 fully saturated rings. The summed E-state index contributed by atoms with van der Waals surface area (Å²) in [5.41, 5.74) is 3.15. The number of fused-ring (bicyclic) bond motifs is 2. The Morgan fingerprint density at radius 3 is 2.19 bits per heavy atom. The first-order chi connectivity index (χ1) is 17.3. The number of carbonyl (C=O) groups is 4. The summed E-state index contributed by atoms with van der Waals surface area (Å²) in [6.07, 6.45) is 0.534. The monoisotopic (exact) mass is 479 g/mol. The van der Waals surface area contributed by atoms with Crippen LogP contribution in [0.25, 0.3) is 5.69 Å². The first-order valence-electron chi connectivity index (χ1n) is 11.3. The van der Waals surface area contributed by atoms with Crippen molar-refractivity contribution in [1.82, 2.24) is 9.78 Å². The zero-order chi connectivity index (χ0) is 25.4. The van der Waals surface area contributed by atoms with E-state index in [4.69, 9.17) is 4.74 Å². The first-order valence-corrected chi connectivity index (χ1v) is 11.3. The van der Waals surface area contributed by atoms with Gasteiger partial charge >= 0.3 is 5.97 Å². The summed E-state index contributed by atoms with van der Waals surface area (Å²) in [5.74, 6) is -1.94. The van der Waals surface area contributed by atoms with Crippen molar-refractivity contribution in [1.29, 1.82) is 0 Å². The second kappa shape index (κ2) is 9.07. The number of nitrogens with one attached hydrogen (secondary N) is 1. The molecule has 4 aromatic rings. The van der Waals surface area contributed by atoms with Crippen LogP contribution in [-0.2, 0) is 9.53 Å². The Labute approximate surface area is 206 Å². The first kappa shape index (κ1) is 22.9. The van der Waals surface area contributed by atoms with Crippen LogP contribution in [0.3, 0.4) is 0 Å². The number of benzene rings is 3. The summed E-state index contributed by atoms with van der Waals surface area (Å²) >= 11 is 0. The zero-order valence-corrected chi connectivity index (χ0v) is 19.5. The van der Waals surface area contributed by atoms with Crippen molar-refractivity contribution >= 4 is 29.1 Å². The maximum Gasteiger partial charge on any atom is 0.338 e. The molecule has 1 atom stereocenters. The number of ketones is 2. The summed E-state index contributed by atoms with van der Waals surface area (Å²) in [6, 6.07) is 19.8. The number of anilines is 1. The van der Waals surface area contributed by atoms with Crippen LogP contribution in [-0.4, -0.2) is 39.3 Å². The number of hydrogen-bond acceptors (Lipinski definition) is 6. The van der Waals surface area contributed by atoms with E-state index < -0.39 is 18.0 Å². The Morgan fingerprint density at radius 2 is 1.53 bits per heavy atom. The summed E-state index contributed by atoms with van der Waals surface area (Å²) in [5, 5.41) is 6.87. The molecule has 1 heterocycles. The van der Waals surface area contributed by atoms with Crippen molar-refractivity contribution in [3.05, 3.63) is 113 Å². The molecule has 36 heavy (non-hydrogen) atoms. The van der Waals surface area contributed by atoms with E-state index in [2.05, 4.69) is 10.4 Å². The molecule has 1 aliphatic carbocycles. The normalized spacial score (nSPS) is 12.9. The maximum absolute atomic E-state index is 13.1. The number of rotatable bonds is 5. The molecule has 8 nitrogen and oxygen atoms in total. The summed E-state index contributed by atoms with van der Waals surface area (Å²) < 4.78 is 7.08. The topological polar surface area (TPSA) is 107 Å². The standard InChI is InChI=1S/C28H21N3O5/c1-16-14-15-29-31(16)19-12-10-18(11-13-19)28(35)36-17(2)27(34)30-23-9-5-8-22-24(23)26(33)21-7-4-3-6-20(21)25(22)32/h3-15,17H,1-2H3,(H,30,34). The summed E-state index contributed by atoms with van der Waals surface area (Å²) in [4.78, 5) is 51.5. The van der Waals surface area contributed by atoms with Crippen LogP contribution < -0.4 is 5.32 Å². The molecule has 1 aliphatic rings. The maximum atomic E-state index is 13.1. The summed E-state index contributed by atoms with van der Waals surface area (Å²) in [7, 11) is 0. The number of amides is 1. The minimum Gasteiger partial charge on any atom is -0.449 e. The van der Waals surface area contributed by atoms with Gasteiger partial charge in [0.25, 0.3) is 5.91 Å². The number of carbonyl (C=O) groups excluding carboxylic acids is 4. The molecule has 1 aromatic heterocycles. The van der Waals surface area contributed by atoms with Gasteiger partial charge in [-0.05, 0) is 50.2 Å². The van der Waals surface area contributed by atoms with E-state index in [1.165, 1.54) is 6.92 Å². The highest BCUT2D eigenvalue weighted by molar-refractivity contribution is 6.30. The fraction of sp³-hybridized carbons (Fsp3) is 0.107. The molecule has 1 unspecified atom stereocenters. The lowest BCUT2D eigenvalue weighted by Crippen LogP contribution is -2.31. The lowest BCUT2D eigenvalue weighted by Gasteiger charge is -2.21. The largest absolute Gasteiger partial charge is 0.449 e. The predicted molar refractivity (Wildman–Crippen MR) is 132 cm³/mol. The van der Waals surface area contributed by atoms with Crippen molar-refractivity contribution in [2.75, 3.05) is 5.32 Å². The zero-order valence-electron chi connectivity index (χ0n) is 19.5. The van der Waals surface area contributed by atoms with E-state index in [1.54, 1.807) is 77.6 Å². The Hall–Kier alpha value is -4.85. The fourth-order valence-electron chi connectivity index (χ4n) is 4.14. The van der Waals surface area contributed by atoms with E-state index in [0.29, 0.717) is 5.56 Å². The van der Waals surface area contributed by atoms with Crippen molar-refractivity contribution in [3.8, 4) is 5.69 Å². The third-order valence-corrected chi connectivity index (χ3v) is 6.04. The van der Waals surface area contributed by atoms with Crippen LogP contribution in [0.15, 0.2) is 79.0 Å². The molecule has 0 radical (unpaired) electrons. The highest BCUT2D eigenvalue weighted by Crippen LogP contribution is 2.32. The van der Waals surface area contributed by atoms with Gasteiger partial charge in [-0.15, -0.1) is 0 Å². The Balaban J connectivity index is 1.31. The van der Waals surface area contributed by atoms with Crippen molar-refractivity contribution in [3.63, 3.8) is 0 Å². The minimum atomic E-state index is -1.15. The van der Waals surface area contributed by atoms with Gasteiger partial charge in [0.2, 0.25) is 0 Å². The molecule has 0 bridgehead atoms. The third-order valence-electron chi connectivity index (χ3n) is 6.04. The molecule has 0 saturated heterocycles. The minimum absolute atomic E-state index is 0.123. The average molecular weight is 479 g/mol. The Kier molecular flexibility index (Phi) is 5.77. The van der Waals surface area contributed by atoms with Crippen LogP contribution >= 0.6 is 0 Å².